The number of anilines is 2. The average molecular weight is 214 g/mol. The zero-order valence-electron chi connectivity index (χ0n) is 9.36. The van der Waals surface area contributed by atoms with Gasteiger partial charge in [0.15, 0.2) is 5.82 Å². The monoisotopic (exact) mass is 214 g/mol. The number of aryl methyl sites for hydroxylation is 1. The summed E-state index contributed by atoms with van der Waals surface area (Å²) in [7, 11) is 5.11. The Balaban J connectivity index is 2.44. The maximum Gasteiger partial charge on any atom is 0.171 e. The first kappa shape index (κ1) is 11.8. The number of hydrogen-bond acceptors (Lipinski definition) is 5. The van der Waals surface area contributed by atoms with Gasteiger partial charge in [0.2, 0.25) is 0 Å². The highest BCUT2D eigenvalue weighted by Gasteiger charge is 2.09. The van der Waals surface area contributed by atoms with Crippen LogP contribution in [0, 0.1) is 0 Å². The molecule has 1 aromatic rings. The van der Waals surface area contributed by atoms with Crippen molar-refractivity contribution in [3.8, 4) is 0 Å². The van der Waals surface area contributed by atoms with Gasteiger partial charge in [-0.3, -0.25) is 4.68 Å². The number of nitrogen functional groups attached to an aromatic ring is 1. The van der Waals surface area contributed by atoms with Gasteiger partial charge in [0, 0.05) is 34.0 Å². The van der Waals surface area contributed by atoms with Crippen LogP contribution in [0.5, 0.6) is 0 Å². The lowest BCUT2D eigenvalue weighted by atomic mass is 10.3. The van der Waals surface area contributed by atoms with Crippen molar-refractivity contribution in [3.05, 3.63) is 6.20 Å². The topological polar surface area (TPSA) is 74.3 Å². The molecule has 0 aliphatic heterocycles. The van der Waals surface area contributed by atoms with E-state index in [9.17, 15) is 0 Å². The second kappa shape index (κ2) is 5.57. The van der Waals surface area contributed by atoms with Gasteiger partial charge < -0.3 is 20.5 Å². The number of aromatic nitrogens is 2. The lowest BCUT2D eigenvalue weighted by Gasteiger charge is -2.14. The summed E-state index contributed by atoms with van der Waals surface area (Å²) < 4.78 is 11.9. The van der Waals surface area contributed by atoms with Crippen molar-refractivity contribution >= 4 is 11.5 Å². The van der Waals surface area contributed by atoms with Crippen LogP contribution in [0.25, 0.3) is 0 Å². The molecule has 0 bridgehead atoms. The van der Waals surface area contributed by atoms with E-state index in [2.05, 4.69) is 10.4 Å². The highest BCUT2D eigenvalue weighted by atomic mass is 16.5. The summed E-state index contributed by atoms with van der Waals surface area (Å²) in [6.07, 6.45) is 1.75. The van der Waals surface area contributed by atoms with Gasteiger partial charge in [-0.2, -0.15) is 5.10 Å². The van der Waals surface area contributed by atoms with Crippen LogP contribution in [0.15, 0.2) is 6.20 Å². The quantitative estimate of drug-likeness (QED) is 0.701. The van der Waals surface area contributed by atoms with Gasteiger partial charge in [-0.05, 0) is 0 Å². The van der Waals surface area contributed by atoms with E-state index in [1.165, 1.54) is 0 Å². The summed E-state index contributed by atoms with van der Waals surface area (Å²) in [6, 6.07) is 0. The van der Waals surface area contributed by atoms with E-state index in [-0.39, 0.29) is 6.10 Å². The van der Waals surface area contributed by atoms with Crippen LogP contribution >= 0.6 is 0 Å². The Labute approximate surface area is 89.3 Å². The zero-order valence-corrected chi connectivity index (χ0v) is 9.36. The first-order valence-corrected chi connectivity index (χ1v) is 4.72. The molecule has 1 atom stereocenters. The fraction of sp³-hybridized carbons (Fsp3) is 0.667. The first-order valence-electron chi connectivity index (χ1n) is 4.72. The summed E-state index contributed by atoms with van der Waals surface area (Å²) in [5.74, 6) is 0.677. The smallest absolute Gasteiger partial charge is 0.171 e. The fourth-order valence-electron chi connectivity index (χ4n) is 1.25. The molecule has 0 saturated carbocycles. The van der Waals surface area contributed by atoms with Gasteiger partial charge in [-0.15, -0.1) is 0 Å². The van der Waals surface area contributed by atoms with Crippen molar-refractivity contribution in [2.24, 2.45) is 7.05 Å². The number of nitrogens with two attached hydrogens (primary N) is 1. The number of hydrogen-bond donors (Lipinski definition) is 2. The lowest BCUT2D eigenvalue weighted by molar-refractivity contribution is 0.0365. The highest BCUT2D eigenvalue weighted by molar-refractivity contribution is 5.59. The van der Waals surface area contributed by atoms with E-state index < -0.39 is 0 Å². The van der Waals surface area contributed by atoms with E-state index in [0.29, 0.717) is 24.7 Å². The molecule has 1 heterocycles. The molecule has 6 nitrogen and oxygen atoms in total. The molecule has 0 fully saturated rings. The Morgan fingerprint density at radius 2 is 2.33 bits per heavy atom. The summed E-state index contributed by atoms with van der Waals surface area (Å²) in [6.45, 7) is 1.15. The van der Waals surface area contributed by atoms with Gasteiger partial charge in [0.1, 0.15) is 0 Å². The molecule has 0 radical (unpaired) electrons. The first-order chi connectivity index (χ1) is 7.17. The molecule has 86 valence electrons. The van der Waals surface area contributed by atoms with E-state index in [1.807, 2.05) is 7.05 Å². The van der Waals surface area contributed by atoms with Crippen molar-refractivity contribution in [2.75, 3.05) is 38.4 Å². The molecular formula is C9H18N4O2. The minimum absolute atomic E-state index is 0.00333. The Morgan fingerprint density at radius 3 is 2.80 bits per heavy atom. The SMILES string of the molecule is COCC(CNc1nn(C)cc1N)OC. The number of ether oxygens (including phenoxy) is 2. The molecule has 1 aromatic heterocycles. The largest absolute Gasteiger partial charge is 0.394 e. The van der Waals surface area contributed by atoms with Crippen LogP contribution in [0.2, 0.25) is 0 Å². The van der Waals surface area contributed by atoms with E-state index in [1.54, 1.807) is 25.1 Å². The molecule has 0 aliphatic rings. The lowest BCUT2D eigenvalue weighted by Crippen LogP contribution is -2.27. The Kier molecular flexibility index (Phi) is 4.38. The van der Waals surface area contributed by atoms with Gasteiger partial charge in [0.25, 0.3) is 0 Å². The molecule has 1 rings (SSSR count). The molecule has 0 amide bonds. The van der Waals surface area contributed by atoms with Crippen molar-refractivity contribution < 1.29 is 9.47 Å². The predicted octanol–water partition coefficient (Wildman–Crippen LogP) is 0.0756. The molecule has 6 heteroatoms. The van der Waals surface area contributed by atoms with Crippen molar-refractivity contribution in [1.82, 2.24) is 9.78 Å². The van der Waals surface area contributed by atoms with Gasteiger partial charge in [-0.1, -0.05) is 0 Å². The Bertz CT molecular complexity index is 300. The van der Waals surface area contributed by atoms with Crippen LogP contribution in [0.4, 0.5) is 11.5 Å². The minimum Gasteiger partial charge on any atom is -0.394 e. The summed E-state index contributed by atoms with van der Waals surface area (Å²) in [4.78, 5) is 0. The second-order valence-corrected chi connectivity index (χ2v) is 3.30. The Hall–Kier alpha value is -1.27. The molecule has 3 N–H and O–H groups in total. The number of rotatable bonds is 6. The molecule has 15 heavy (non-hydrogen) atoms. The van der Waals surface area contributed by atoms with Crippen LogP contribution in [-0.2, 0) is 16.5 Å². The maximum absolute atomic E-state index is 5.73. The number of methoxy groups -OCH3 is 2. The molecule has 1 unspecified atom stereocenters. The molecular weight excluding hydrogens is 196 g/mol. The van der Waals surface area contributed by atoms with Crippen molar-refractivity contribution in [2.45, 2.75) is 6.10 Å². The predicted molar refractivity (Wildman–Crippen MR) is 58.8 cm³/mol. The Morgan fingerprint density at radius 1 is 1.60 bits per heavy atom. The fourth-order valence-corrected chi connectivity index (χ4v) is 1.25. The maximum atomic E-state index is 5.73. The van der Waals surface area contributed by atoms with Crippen LogP contribution in [0.1, 0.15) is 0 Å². The third kappa shape index (κ3) is 3.41. The van der Waals surface area contributed by atoms with Crippen molar-refractivity contribution in [1.29, 1.82) is 0 Å². The van der Waals surface area contributed by atoms with E-state index in [4.69, 9.17) is 15.2 Å². The number of nitrogens with one attached hydrogen (secondary N) is 1. The standard InChI is InChI=1S/C9H18N4O2/c1-13-5-8(10)9(12-13)11-4-7(15-3)6-14-2/h5,7H,4,6,10H2,1-3H3,(H,11,12). The average Bonchev–Trinajstić information content (AvgIpc) is 2.52. The third-order valence-electron chi connectivity index (χ3n) is 2.04. The summed E-state index contributed by atoms with van der Waals surface area (Å²) in [5.41, 5.74) is 6.35. The van der Waals surface area contributed by atoms with E-state index in [0.717, 1.165) is 0 Å². The van der Waals surface area contributed by atoms with Crippen molar-refractivity contribution in [3.63, 3.8) is 0 Å². The van der Waals surface area contributed by atoms with Gasteiger partial charge in [-0.25, -0.2) is 0 Å². The van der Waals surface area contributed by atoms with Gasteiger partial charge in [0.05, 0.1) is 18.4 Å². The number of nitrogens with zero attached hydrogens (tertiary/aromatic N) is 2. The van der Waals surface area contributed by atoms with Crippen LogP contribution < -0.4 is 11.1 Å². The highest BCUT2D eigenvalue weighted by Crippen LogP contribution is 2.13. The van der Waals surface area contributed by atoms with Crippen LogP contribution in [-0.4, -0.2) is 43.3 Å². The molecule has 0 aromatic carbocycles. The molecule has 0 aliphatic carbocycles. The van der Waals surface area contributed by atoms with Gasteiger partial charge >= 0.3 is 0 Å². The zero-order chi connectivity index (χ0) is 11.3. The summed E-state index contributed by atoms with van der Waals surface area (Å²) in [5, 5.41) is 7.27. The second-order valence-electron chi connectivity index (χ2n) is 3.30. The molecule has 0 saturated heterocycles. The minimum atomic E-state index is -0.00333. The van der Waals surface area contributed by atoms with E-state index >= 15 is 0 Å². The summed E-state index contributed by atoms with van der Waals surface area (Å²) >= 11 is 0. The third-order valence-corrected chi connectivity index (χ3v) is 2.04. The molecule has 0 spiro atoms. The van der Waals surface area contributed by atoms with Crippen LogP contribution in [0.3, 0.4) is 0 Å². The normalized spacial score (nSPS) is 12.7.